The Bertz CT molecular complexity index is 868. The number of amides is 1. The molecule has 27 heavy (non-hydrogen) atoms. The number of nitrogens with one attached hydrogen (secondary N) is 1. The van der Waals surface area contributed by atoms with E-state index >= 15 is 0 Å². The van der Waals surface area contributed by atoms with Crippen molar-refractivity contribution >= 4 is 21.6 Å². The Labute approximate surface area is 159 Å². The van der Waals surface area contributed by atoms with Gasteiger partial charge in [0.05, 0.1) is 17.7 Å². The molecule has 0 aromatic heterocycles. The molecule has 0 unspecified atom stereocenters. The maximum absolute atomic E-state index is 13.2. The molecule has 0 heterocycles. The topological polar surface area (TPSA) is 75.7 Å². The van der Waals surface area contributed by atoms with Gasteiger partial charge in [0.1, 0.15) is 18.1 Å². The van der Waals surface area contributed by atoms with Crippen LogP contribution in [0.1, 0.15) is 20.3 Å². The van der Waals surface area contributed by atoms with Gasteiger partial charge in [0.2, 0.25) is 5.91 Å². The number of benzene rings is 2. The highest BCUT2D eigenvalue weighted by molar-refractivity contribution is 7.92. The van der Waals surface area contributed by atoms with Crippen LogP contribution in [0.2, 0.25) is 0 Å². The SMILES string of the molecule is CC[C@@H](C)NC(=O)CN(c1ccc(OC)cc1)S(=O)(=O)c1ccc(F)cc1. The first-order chi connectivity index (χ1) is 12.8. The van der Waals surface area contributed by atoms with E-state index in [1.54, 1.807) is 24.3 Å². The van der Waals surface area contributed by atoms with E-state index in [4.69, 9.17) is 4.74 Å². The molecule has 146 valence electrons. The lowest BCUT2D eigenvalue weighted by molar-refractivity contribution is -0.120. The second kappa shape index (κ2) is 8.85. The molecule has 0 radical (unpaired) electrons. The maximum atomic E-state index is 13.2. The average Bonchev–Trinajstić information content (AvgIpc) is 2.66. The van der Waals surface area contributed by atoms with E-state index in [-0.39, 0.29) is 10.9 Å². The molecule has 1 atom stereocenters. The van der Waals surface area contributed by atoms with Gasteiger partial charge in [-0.15, -0.1) is 0 Å². The number of carbonyl (C=O) groups is 1. The van der Waals surface area contributed by atoms with Crippen molar-refractivity contribution in [2.75, 3.05) is 18.0 Å². The minimum absolute atomic E-state index is 0.0799. The van der Waals surface area contributed by atoms with Gasteiger partial charge in [0.25, 0.3) is 10.0 Å². The Balaban J connectivity index is 2.41. The molecule has 0 saturated carbocycles. The zero-order chi connectivity index (χ0) is 20.0. The smallest absolute Gasteiger partial charge is 0.264 e. The molecule has 2 rings (SSSR count). The van der Waals surface area contributed by atoms with E-state index in [9.17, 15) is 17.6 Å². The van der Waals surface area contributed by atoms with Crippen molar-refractivity contribution in [3.05, 3.63) is 54.3 Å². The number of anilines is 1. The van der Waals surface area contributed by atoms with Crippen LogP contribution in [0.25, 0.3) is 0 Å². The summed E-state index contributed by atoms with van der Waals surface area (Å²) in [6, 6.07) is 10.7. The number of hydrogen-bond donors (Lipinski definition) is 1. The predicted octanol–water partition coefficient (Wildman–Crippen LogP) is 2.94. The summed E-state index contributed by atoms with van der Waals surface area (Å²) in [5, 5.41) is 2.76. The van der Waals surface area contributed by atoms with Gasteiger partial charge in [-0.05, 0) is 61.9 Å². The van der Waals surface area contributed by atoms with Crippen molar-refractivity contribution in [1.29, 1.82) is 0 Å². The fourth-order valence-corrected chi connectivity index (χ4v) is 3.77. The Morgan fingerprint density at radius 2 is 1.74 bits per heavy atom. The van der Waals surface area contributed by atoms with Gasteiger partial charge in [-0.1, -0.05) is 6.92 Å². The van der Waals surface area contributed by atoms with Gasteiger partial charge in [0, 0.05) is 6.04 Å². The van der Waals surface area contributed by atoms with Crippen LogP contribution in [0.4, 0.5) is 10.1 Å². The maximum Gasteiger partial charge on any atom is 0.264 e. The zero-order valence-electron chi connectivity index (χ0n) is 15.5. The van der Waals surface area contributed by atoms with E-state index in [1.165, 1.54) is 19.2 Å². The lowest BCUT2D eigenvalue weighted by Crippen LogP contribution is -2.43. The van der Waals surface area contributed by atoms with Gasteiger partial charge in [0.15, 0.2) is 0 Å². The van der Waals surface area contributed by atoms with Gasteiger partial charge < -0.3 is 10.1 Å². The Morgan fingerprint density at radius 1 is 1.15 bits per heavy atom. The van der Waals surface area contributed by atoms with Crippen LogP contribution in [0.3, 0.4) is 0 Å². The van der Waals surface area contributed by atoms with Crippen molar-refractivity contribution in [2.24, 2.45) is 0 Å². The first-order valence-corrected chi connectivity index (χ1v) is 9.93. The monoisotopic (exact) mass is 394 g/mol. The third kappa shape index (κ3) is 5.19. The summed E-state index contributed by atoms with van der Waals surface area (Å²) in [5.74, 6) is -0.410. The third-order valence-corrected chi connectivity index (χ3v) is 5.86. The van der Waals surface area contributed by atoms with Crippen LogP contribution in [-0.4, -0.2) is 34.0 Å². The number of rotatable bonds is 8. The van der Waals surface area contributed by atoms with Crippen LogP contribution in [-0.2, 0) is 14.8 Å². The molecule has 2 aromatic carbocycles. The van der Waals surface area contributed by atoms with Gasteiger partial charge >= 0.3 is 0 Å². The Hall–Kier alpha value is -2.61. The van der Waals surface area contributed by atoms with E-state index < -0.39 is 28.3 Å². The molecule has 8 heteroatoms. The molecule has 0 saturated heterocycles. The normalized spacial score (nSPS) is 12.3. The Morgan fingerprint density at radius 3 is 2.26 bits per heavy atom. The van der Waals surface area contributed by atoms with Crippen molar-refractivity contribution < 1.29 is 22.3 Å². The minimum Gasteiger partial charge on any atom is -0.497 e. The molecule has 2 aromatic rings. The lowest BCUT2D eigenvalue weighted by atomic mass is 10.2. The largest absolute Gasteiger partial charge is 0.497 e. The molecule has 0 aliphatic carbocycles. The quantitative estimate of drug-likeness (QED) is 0.747. The molecule has 0 bridgehead atoms. The van der Waals surface area contributed by atoms with E-state index in [0.29, 0.717) is 11.4 Å². The molecule has 1 N–H and O–H groups in total. The molecule has 0 spiro atoms. The molecule has 1 amide bonds. The van der Waals surface area contributed by atoms with E-state index in [1.807, 2.05) is 13.8 Å². The van der Waals surface area contributed by atoms with Gasteiger partial charge in [-0.25, -0.2) is 12.8 Å². The highest BCUT2D eigenvalue weighted by atomic mass is 32.2. The summed E-state index contributed by atoms with van der Waals surface area (Å²) >= 11 is 0. The summed E-state index contributed by atoms with van der Waals surface area (Å²) in [6.45, 7) is 3.36. The number of carbonyl (C=O) groups excluding carboxylic acids is 1. The van der Waals surface area contributed by atoms with Crippen molar-refractivity contribution in [3.8, 4) is 5.75 Å². The minimum atomic E-state index is -4.06. The van der Waals surface area contributed by atoms with Crippen molar-refractivity contribution in [1.82, 2.24) is 5.32 Å². The summed E-state index contributed by atoms with van der Waals surface area (Å²) in [5.41, 5.74) is 0.305. The standard InChI is InChI=1S/C19H23FN2O4S/c1-4-14(2)21-19(23)13-22(16-7-9-17(26-3)10-8-16)27(24,25)18-11-5-15(20)6-12-18/h5-12,14H,4,13H2,1-3H3,(H,21,23)/t14-/m1/s1. The second-order valence-electron chi connectivity index (χ2n) is 6.04. The molecular formula is C19H23FN2O4S. The fraction of sp³-hybridized carbons (Fsp3) is 0.316. The third-order valence-electron chi connectivity index (χ3n) is 4.07. The van der Waals surface area contributed by atoms with Crippen LogP contribution in [0.15, 0.2) is 53.4 Å². The van der Waals surface area contributed by atoms with Crippen LogP contribution >= 0.6 is 0 Å². The second-order valence-corrected chi connectivity index (χ2v) is 7.90. The number of halogens is 1. The highest BCUT2D eigenvalue weighted by Crippen LogP contribution is 2.25. The average molecular weight is 394 g/mol. The molecule has 6 nitrogen and oxygen atoms in total. The molecular weight excluding hydrogens is 371 g/mol. The van der Waals surface area contributed by atoms with E-state index in [2.05, 4.69) is 5.32 Å². The molecule has 0 fully saturated rings. The number of sulfonamides is 1. The van der Waals surface area contributed by atoms with Crippen LogP contribution in [0.5, 0.6) is 5.75 Å². The summed E-state index contributed by atoms with van der Waals surface area (Å²) < 4.78 is 45.4. The highest BCUT2D eigenvalue weighted by Gasteiger charge is 2.27. The van der Waals surface area contributed by atoms with E-state index in [0.717, 1.165) is 22.9 Å². The fourth-order valence-electron chi connectivity index (χ4n) is 2.35. The van der Waals surface area contributed by atoms with Crippen LogP contribution < -0.4 is 14.4 Å². The number of methoxy groups -OCH3 is 1. The van der Waals surface area contributed by atoms with Crippen molar-refractivity contribution in [2.45, 2.75) is 31.2 Å². The first kappa shape index (κ1) is 20.7. The summed E-state index contributed by atoms with van der Waals surface area (Å²) in [6.07, 6.45) is 0.721. The number of ether oxygens (including phenoxy) is 1. The van der Waals surface area contributed by atoms with Crippen molar-refractivity contribution in [3.63, 3.8) is 0 Å². The molecule has 0 aliphatic rings. The number of hydrogen-bond acceptors (Lipinski definition) is 4. The summed E-state index contributed by atoms with van der Waals surface area (Å²) in [4.78, 5) is 12.2. The first-order valence-electron chi connectivity index (χ1n) is 8.49. The Kier molecular flexibility index (Phi) is 6.79. The number of nitrogens with zero attached hydrogens (tertiary/aromatic N) is 1. The predicted molar refractivity (Wildman–Crippen MR) is 102 cm³/mol. The molecule has 0 aliphatic heterocycles. The lowest BCUT2D eigenvalue weighted by Gasteiger charge is -2.25. The zero-order valence-corrected chi connectivity index (χ0v) is 16.3. The summed E-state index contributed by atoms with van der Waals surface area (Å²) in [7, 11) is -2.56. The van der Waals surface area contributed by atoms with Gasteiger partial charge in [-0.3, -0.25) is 9.10 Å². The van der Waals surface area contributed by atoms with Crippen LogP contribution in [0, 0.1) is 5.82 Å². The van der Waals surface area contributed by atoms with Gasteiger partial charge in [-0.2, -0.15) is 0 Å².